The standard InChI is InChI=1S/C20H30N2O2/c1-20(2)10-6-9-16(13-20)21-17-11-18(12-17)22-19(23)24-14-15-7-4-3-5-8-15/h3-5,7-8,16-18,21H,6,9-14H2,1-2H3,(H,22,23). The first-order chi connectivity index (χ1) is 11.5. The first-order valence-corrected chi connectivity index (χ1v) is 9.23. The van der Waals surface area contributed by atoms with Gasteiger partial charge in [-0.15, -0.1) is 0 Å². The summed E-state index contributed by atoms with van der Waals surface area (Å²) < 4.78 is 5.28. The minimum atomic E-state index is -0.305. The zero-order chi connectivity index (χ0) is 17.0. The van der Waals surface area contributed by atoms with Crippen molar-refractivity contribution in [2.75, 3.05) is 0 Å². The van der Waals surface area contributed by atoms with Gasteiger partial charge in [-0.2, -0.15) is 0 Å². The molecule has 4 heteroatoms. The minimum absolute atomic E-state index is 0.252. The molecule has 1 aromatic carbocycles. The zero-order valence-corrected chi connectivity index (χ0v) is 14.9. The number of hydrogen-bond donors (Lipinski definition) is 2. The zero-order valence-electron chi connectivity index (χ0n) is 14.9. The van der Waals surface area contributed by atoms with Crippen LogP contribution in [0.1, 0.15) is 57.9 Å². The van der Waals surface area contributed by atoms with Gasteiger partial charge in [0.2, 0.25) is 0 Å². The molecule has 24 heavy (non-hydrogen) atoms. The number of carbonyl (C=O) groups excluding carboxylic acids is 1. The number of rotatable bonds is 5. The SMILES string of the molecule is CC1(C)CCCC(NC2CC(NC(=O)OCc3ccccc3)C2)C1. The number of ether oxygens (including phenoxy) is 1. The number of hydrogen-bond acceptors (Lipinski definition) is 3. The highest BCUT2D eigenvalue weighted by Gasteiger charge is 2.34. The average molecular weight is 330 g/mol. The summed E-state index contributed by atoms with van der Waals surface area (Å²) in [5.41, 5.74) is 1.49. The van der Waals surface area contributed by atoms with Gasteiger partial charge in [-0.3, -0.25) is 0 Å². The topological polar surface area (TPSA) is 50.4 Å². The van der Waals surface area contributed by atoms with Crippen LogP contribution in [-0.4, -0.2) is 24.2 Å². The molecule has 2 N–H and O–H groups in total. The van der Waals surface area contributed by atoms with Crippen molar-refractivity contribution in [3.63, 3.8) is 0 Å². The Hall–Kier alpha value is -1.55. The van der Waals surface area contributed by atoms with Gasteiger partial charge in [0.05, 0.1) is 0 Å². The third-order valence-electron chi connectivity index (χ3n) is 5.35. The van der Waals surface area contributed by atoms with Crippen LogP contribution in [0.2, 0.25) is 0 Å². The first kappa shape index (κ1) is 17.3. The smallest absolute Gasteiger partial charge is 0.407 e. The molecule has 2 aliphatic rings. The van der Waals surface area contributed by atoms with Gasteiger partial charge in [-0.1, -0.05) is 50.6 Å². The minimum Gasteiger partial charge on any atom is -0.445 e. The summed E-state index contributed by atoms with van der Waals surface area (Å²) >= 11 is 0. The van der Waals surface area contributed by atoms with Crippen molar-refractivity contribution in [1.82, 2.24) is 10.6 Å². The number of amides is 1. The summed E-state index contributed by atoms with van der Waals surface area (Å²) in [4.78, 5) is 11.8. The van der Waals surface area contributed by atoms with Crippen LogP contribution in [0.3, 0.4) is 0 Å². The summed E-state index contributed by atoms with van der Waals surface area (Å²) in [5, 5.41) is 6.75. The van der Waals surface area contributed by atoms with E-state index in [0.717, 1.165) is 18.4 Å². The van der Waals surface area contributed by atoms with Gasteiger partial charge in [0.1, 0.15) is 6.61 Å². The van der Waals surface area contributed by atoms with Crippen LogP contribution in [0.25, 0.3) is 0 Å². The summed E-state index contributed by atoms with van der Waals surface area (Å²) in [5.74, 6) is 0. The van der Waals surface area contributed by atoms with E-state index in [0.29, 0.717) is 24.1 Å². The Labute approximate surface area is 145 Å². The van der Waals surface area contributed by atoms with Gasteiger partial charge in [-0.05, 0) is 43.1 Å². The van der Waals surface area contributed by atoms with E-state index in [1.165, 1.54) is 25.7 Å². The molecule has 3 rings (SSSR count). The molecular weight excluding hydrogens is 300 g/mol. The van der Waals surface area contributed by atoms with Crippen LogP contribution in [0.5, 0.6) is 0 Å². The van der Waals surface area contributed by atoms with Crippen LogP contribution in [-0.2, 0) is 11.3 Å². The van der Waals surface area contributed by atoms with E-state index in [1.807, 2.05) is 30.3 Å². The van der Waals surface area contributed by atoms with E-state index in [-0.39, 0.29) is 12.1 Å². The van der Waals surface area contributed by atoms with E-state index >= 15 is 0 Å². The summed E-state index contributed by atoms with van der Waals surface area (Å²) in [6.45, 7) is 5.07. The van der Waals surface area contributed by atoms with Gasteiger partial charge >= 0.3 is 6.09 Å². The average Bonchev–Trinajstić information content (AvgIpc) is 2.51. The molecule has 1 unspecified atom stereocenters. The second-order valence-electron chi connectivity index (χ2n) is 8.20. The molecule has 0 radical (unpaired) electrons. The second kappa shape index (κ2) is 7.56. The van der Waals surface area contributed by atoms with E-state index in [4.69, 9.17) is 4.74 Å². The number of benzene rings is 1. The first-order valence-electron chi connectivity index (χ1n) is 9.23. The Morgan fingerprint density at radius 2 is 1.92 bits per heavy atom. The van der Waals surface area contributed by atoms with Gasteiger partial charge in [-0.25, -0.2) is 4.79 Å². The largest absolute Gasteiger partial charge is 0.445 e. The molecule has 132 valence electrons. The van der Waals surface area contributed by atoms with Crippen molar-refractivity contribution in [3.8, 4) is 0 Å². The molecule has 0 saturated heterocycles. The Bertz CT molecular complexity index is 538. The molecule has 0 aromatic heterocycles. The Balaban J connectivity index is 1.31. The third-order valence-corrected chi connectivity index (χ3v) is 5.35. The summed E-state index contributed by atoms with van der Waals surface area (Å²) in [6, 6.07) is 11.2. The molecule has 2 saturated carbocycles. The lowest BCUT2D eigenvalue weighted by atomic mass is 9.74. The number of alkyl carbamates (subject to hydrolysis) is 1. The predicted molar refractivity (Wildman–Crippen MR) is 95.7 cm³/mol. The van der Waals surface area contributed by atoms with Crippen molar-refractivity contribution in [1.29, 1.82) is 0 Å². The van der Waals surface area contributed by atoms with Gasteiger partial charge in [0.15, 0.2) is 0 Å². The normalized spacial score (nSPS) is 28.7. The molecule has 2 aliphatic carbocycles. The monoisotopic (exact) mass is 330 g/mol. The van der Waals surface area contributed by atoms with Crippen molar-refractivity contribution >= 4 is 6.09 Å². The molecule has 0 bridgehead atoms. The Morgan fingerprint density at radius 1 is 1.17 bits per heavy atom. The van der Waals surface area contributed by atoms with Crippen molar-refractivity contribution in [2.24, 2.45) is 5.41 Å². The van der Waals surface area contributed by atoms with Crippen LogP contribution in [0.4, 0.5) is 4.79 Å². The van der Waals surface area contributed by atoms with Crippen LogP contribution in [0.15, 0.2) is 30.3 Å². The van der Waals surface area contributed by atoms with Gasteiger partial charge < -0.3 is 15.4 Å². The fraction of sp³-hybridized carbons (Fsp3) is 0.650. The molecule has 1 atom stereocenters. The summed E-state index contributed by atoms with van der Waals surface area (Å²) in [6.07, 6.45) is 6.94. The quantitative estimate of drug-likeness (QED) is 0.858. The molecular formula is C20H30N2O2. The predicted octanol–water partition coefficient (Wildman–Crippen LogP) is 4.00. The maximum absolute atomic E-state index is 11.8. The van der Waals surface area contributed by atoms with Gasteiger partial charge in [0, 0.05) is 18.1 Å². The fourth-order valence-corrected chi connectivity index (χ4v) is 3.98. The van der Waals surface area contributed by atoms with Crippen LogP contribution >= 0.6 is 0 Å². The second-order valence-corrected chi connectivity index (χ2v) is 8.20. The highest BCUT2D eigenvalue weighted by atomic mass is 16.5. The van der Waals surface area contributed by atoms with Crippen LogP contribution in [0, 0.1) is 5.41 Å². The Kier molecular flexibility index (Phi) is 5.44. The third kappa shape index (κ3) is 4.97. The molecule has 1 aromatic rings. The van der Waals surface area contributed by atoms with Crippen molar-refractivity contribution in [3.05, 3.63) is 35.9 Å². The van der Waals surface area contributed by atoms with E-state index < -0.39 is 0 Å². The van der Waals surface area contributed by atoms with Crippen molar-refractivity contribution in [2.45, 2.75) is 77.1 Å². The van der Waals surface area contributed by atoms with Gasteiger partial charge in [0.25, 0.3) is 0 Å². The van der Waals surface area contributed by atoms with E-state index in [2.05, 4.69) is 24.5 Å². The van der Waals surface area contributed by atoms with Crippen LogP contribution < -0.4 is 10.6 Å². The maximum Gasteiger partial charge on any atom is 0.407 e. The highest BCUT2D eigenvalue weighted by molar-refractivity contribution is 5.67. The lowest BCUT2D eigenvalue weighted by Crippen LogP contribution is -2.55. The van der Waals surface area contributed by atoms with E-state index in [1.54, 1.807) is 0 Å². The lowest BCUT2D eigenvalue weighted by molar-refractivity contribution is 0.119. The molecule has 0 heterocycles. The Morgan fingerprint density at radius 3 is 2.62 bits per heavy atom. The maximum atomic E-state index is 11.8. The number of nitrogens with one attached hydrogen (secondary N) is 2. The molecule has 2 fully saturated rings. The summed E-state index contributed by atoms with van der Waals surface area (Å²) in [7, 11) is 0. The number of carbonyl (C=O) groups is 1. The fourth-order valence-electron chi connectivity index (χ4n) is 3.98. The molecule has 0 spiro atoms. The molecule has 0 aliphatic heterocycles. The highest BCUT2D eigenvalue weighted by Crippen LogP contribution is 2.36. The molecule has 4 nitrogen and oxygen atoms in total. The van der Waals surface area contributed by atoms with E-state index in [9.17, 15) is 4.79 Å². The molecule has 1 amide bonds. The van der Waals surface area contributed by atoms with Crippen molar-refractivity contribution < 1.29 is 9.53 Å². The lowest BCUT2D eigenvalue weighted by Gasteiger charge is -2.42.